The number of cyclic esters (lactones) is 2. The number of hydrogen-bond acceptors (Lipinski definition) is 5. The van der Waals surface area contributed by atoms with Gasteiger partial charge in [-0.3, -0.25) is 0 Å². The molecule has 0 unspecified atom stereocenters. The van der Waals surface area contributed by atoms with Crippen molar-refractivity contribution < 1.29 is 19.1 Å². The van der Waals surface area contributed by atoms with Crippen LogP contribution >= 0.6 is 0 Å². The van der Waals surface area contributed by atoms with Crippen LogP contribution < -0.4 is 0 Å². The van der Waals surface area contributed by atoms with Crippen molar-refractivity contribution in [2.75, 3.05) is 0 Å². The van der Waals surface area contributed by atoms with Crippen molar-refractivity contribution in [1.29, 1.82) is 0 Å². The van der Waals surface area contributed by atoms with E-state index in [1.54, 1.807) is 29.2 Å². The molecule has 0 N–H and O–H groups in total. The average molecular weight is 298 g/mol. The summed E-state index contributed by atoms with van der Waals surface area (Å²) < 4.78 is 11.8. The molecule has 6 nitrogen and oxygen atoms in total. The van der Waals surface area contributed by atoms with Crippen LogP contribution in [0.5, 0.6) is 0 Å². The maximum absolute atomic E-state index is 12.0. The van der Waals surface area contributed by atoms with E-state index in [0.29, 0.717) is 5.56 Å². The minimum Gasteiger partial charge on any atom is -0.419 e. The number of ether oxygens (including phenoxy) is 2. The van der Waals surface area contributed by atoms with Gasteiger partial charge in [0.05, 0.1) is 5.69 Å². The summed E-state index contributed by atoms with van der Waals surface area (Å²) in [4.78, 5) is 24.0. The zero-order chi connectivity index (χ0) is 15.7. The lowest BCUT2D eigenvalue weighted by atomic mass is 10.1. The SMILES string of the molecule is CC1(C)OC(=O)C(=Cc2ccccc2-n2cccn2)C(=O)O1. The van der Waals surface area contributed by atoms with E-state index in [1.165, 1.54) is 19.9 Å². The van der Waals surface area contributed by atoms with Crippen LogP contribution in [0.25, 0.3) is 11.8 Å². The summed E-state index contributed by atoms with van der Waals surface area (Å²) in [6.45, 7) is 3.02. The van der Waals surface area contributed by atoms with Crippen molar-refractivity contribution in [3.63, 3.8) is 0 Å². The van der Waals surface area contributed by atoms with Gasteiger partial charge in [0, 0.05) is 31.8 Å². The summed E-state index contributed by atoms with van der Waals surface area (Å²) in [6.07, 6.45) is 4.88. The van der Waals surface area contributed by atoms with Gasteiger partial charge in [-0.2, -0.15) is 5.10 Å². The molecule has 0 atom stereocenters. The second-order valence-electron chi connectivity index (χ2n) is 5.25. The Morgan fingerprint density at radius 1 is 1.09 bits per heavy atom. The molecule has 3 rings (SSSR count). The van der Waals surface area contributed by atoms with Gasteiger partial charge in [-0.25, -0.2) is 14.3 Å². The first-order chi connectivity index (χ1) is 10.5. The molecule has 0 aliphatic carbocycles. The number of rotatable bonds is 2. The summed E-state index contributed by atoms with van der Waals surface area (Å²) in [7, 11) is 0. The summed E-state index contributed by atoms with van der Waals surface area (Å²) in [5.41, 5.74) is 1.26. The number of nitrogens with zero attached hydrogens (tertiary/aromatic N) is 2. The highest BCUT2D eigenvalue weighted by molar-refractivity contribution is 6.19. The number of para-hydroxylation sites is 1. The van der Waals surface area contributed by atoms with Crippen molar-refractivity contribution in [1.82, 2.24) is 9.78 Å². The topological polar surface area (TPSA) is 70.4 Å². The van der Waals surface area contributed by atoms with E-state index < -0.39 is 17.7 Å². The molecule has 1 aromatic heterocycles. The van der Waals surface area contributed by atoms with E-state index in [2.05, 4.69) is 5.10 Å². The summed E-state index contributed by atoms with van der Waals surface area (Å²) in [5.74, 6) is -2.64. The van der Waals surface area contributed by atoms with Crippen LogP contribution in [0.15, 0.2) is 48.3 Å². The number of carbonyl (C=O) groups excluding carboxylic acids is 2. The Kier molecular flexibility index (Phi) is 3.29. The van der Waals surface area contributed by atoms with Gasteiger partial charge in [-0.05, 0) is 18.2 Å². The van der Waals surface area contributed by atoms with Gasteiger partial charge in [-0.15, -0.1) is 0 Å². The fourth-order valence-corrected chi connectivity index (χ4v) is 2.16. The van der Waals surface area contributed by atoms with Crippen LogP contribution in [0.2, 0.25) is 0 Å². The minimum absolute atomic E-state index is 0.140. The van der Waals surface area contributed by atoms with E-state index in [4.69, 9.17) is 9.47 Å². The monoisotopic (exact) mass is 298 g/mol. The standard InChI is InChI=1S/C16H14N2O4/c1-16(2)21-14(19)12(15(20)22-16)10-11-6-3-4-7-13(11)18-9-5-8-17-18/h3-10H,1-2H3. The third-order valence-corrected chi connectivity index (χ3v) is 3.10. The molecule has 2 aromatic rings. The number of esters is 2. The van der Waals surface area contributed by atoms with Crippen molar-refractivity contribution in [3.8, 4) is 5.69 Å². The predicted octanol–water partition coefficient (Wildman–Crippen LogP) is 2.09. The van der Waals surface area contributed by atoms with Crippen molar-refractivity contribution in [3.05, 3.63) is 53.9 Å². The molecule has 0 saturated carbocycles. The highest BCUT2D eigenvalue weighted by atomic mass is 16.7. The van der Waals surface area contributed by atoms with Gasteiger partial charge < -0.3 is 9.47 Å². The summed E-state index contributed by atoms with van der Waals surface area (Å²) >= 11 is 0. The van der Waals surface area contributed by atoms with Crippen LogP contribution in [0.3, 0.4) is 0 Å². The van der Waals surface area contributed by atoms with Crippen LogP contribution in [0.1, 0.15) is 19.4 Å². The average Bonchev–Trinajstić information content (AvgIpc) is 2.96. The Bertz CT molecular complexity index is 738. The lowest BCUT2D eigenvalue weighted by Gasteiger charge is -2.29. The molecule has 1 aliphatic rings. The predicted molar refractivity (Wildman–Crippen MR) is 77.8 cm³/mol. The Morgan fingerprint density at radius 3 is 2.41 bits per heavy atom. The van der Waals surface area contributed by atoms with Crippen molar-refractivity contribution in [2.24, 2.45) is 0 Å². The normalized spacial score (nSPS) is 16.9. The van der Waals surface area contributed by atoms with Gasteiger partial charge in [-0.1, -0.05) is 18.2 Å². The maximum Gasteiger partial charge on any atom is 0.348 e. The summed E-state index contributed by atoms with van der Waals surface area (Å²) in [5, 5.41) is 4.16. The van der Waals surface area contributed by atoms with Crippen molar-refractivity contribution in [2.45, 2.75) is 19.6 Å². The zero-order valence-electron chi connectivity index (χ0n) is 12.1. The quantitative estimate of drug-likeness (QED) is 0.482. The van der Waals surface area contributed by atoms with Crippen LogP contribution in [-0.4, -0.2) is 27.5 Å². The number of hydrogen-bond donors (Lipinski definition) is 0. The second-order valence-corrected chi connectivity index (χ2v) is 5.25. The van der Waals surface area contributed by atoms with Crippen molar-refractivity contribution >= 4 is 18.0 Å². The number of carbonyl (C=O) groups is 2. The van der Waals surface area contributed by atoms with E-state index in [1.807, 2.05) is 18.2 Å². The Balaban J connectivity index is 2.03. The molecule has 112 valence electrons. The Hall–Kier alpha value is -2.89. The Labute approximate surface area is 127 Å². The molecule has 1 aliphatic heterocycles. The molecule has 22 heavy (non-hydrogen) atoms. The molecule has 0 bridgehead atoms. The molecule has 1 fully saturated rings. The van der Waals surface area contributed by atoms with Gasteiger partial charge in [0.2, 0.25) is 0 Å². The summed E-state index contributed by atoms with van der Waals surface area (Å²) in [6, 6.07) is 9.06. The fourth-order valence-electron chi connectivity index (χ4n) is 2.16. The highest BCUT2D eigenvalue weighted by Gasteiger charge is 2.38. The molecule has 2 heterocycles. The van der Waals surface area contributed by atoms with Gasteiger partial charge >= 0.3 is 11.9 Å². The largest absolute Gasteiger partial charge is 0.419 e. The first-order valence-electron chi connectivity index (χ1n) is 6.74. The molecule has 0 spiro atoms. The molecule has 1 saturated heterocycles. The molecule has 0 amide bonds. The van der Waals surface area contributed by atoms with E-state index in [-0.39, 0.29) is 5.57 Å². The zero-order valence-corrected chi connectivity index (χ0v) is 12.1. The van der Waals surface area contributed by atoms with Gasteiger partial charge in [0.1, 0.15) is 5.57 Å². The minimum atomic E-state index is -1.24. The molecule has 1 aromatic carbocycles. The van der Waals surface area contributed by atoms with E-state index in [0.717, 1.165) is 5.69 Å². The fraction of sp³-hybridized carbons (Fsp3) is 0.188. The van der Waals surface area contributed by atoms with E-state index in [9.17, 15) is 9.59 Å². The third kappa shape index (κ3) is 2.63. The van der Waals surface area contributed by atoms with E-state index >= 15 is 0 Å². The van der Waals surface area contributed by atoms with Gasteiger partial charge in [0.25, 0.3) is 5.79 Å². The maximum atomic E-state index is 12.0. The van der Waals surface area contributed by atoms with Crippen LogP contribution in [0.4, 0.5) is 0 Å². The molecular weight excluding hydrogens is 284 g/mol. The van der Waals surface area contributed by atoms with Crippen LogP contribution in [0, 0.1) is 0 Å². The van der Waals surface area contributed by atoms with Gasteiger partial charge in [0.15, 0.2) is 0 Å². The second kappa shape index (κ2) is 5.14. The number of aromatic nitrogens is 2. The molecule has 6 heteroatoms. The lowest BCUT2D eigenvalue weighted by molar-refractivity contribution is -0.222. The third-order valence-electron chi connectivity index (χ3n) is 3.10. The molecule has 0 radical (unpaired) electrons. The lowest BCUT2D eigenvalue weighted by Crippen LogP contribution is -2.41. The Morgan fingerprint density at radius 2 is 1.77 bits per heavy atom. The van der Waals surface area contributed by atoms with Crippen LogP contribution in [-0.2, 0) is 19.1 Å². The smallest absolute Gasteiger partial charge is 0.348 e. The first kappa shape index (κ1) is 14.1. The first-order valence-corrected chi connectivity index (χ1v) is 6.74. The highest BCUT2D eigenvalue weighted by Crippen LogP contribution is 2.25. The number of benzene rings is 1. The molecular formula is C16H14N2O4.